The van der Waals surface area contributed by atoms with Gasteiger partial charge in [0.2, 0.25) is 5.91 Å². The number of aliphatic hydroxyl groups excluding tert-OH is 1. The Morgan fingerprint density at radius 2 is 1.68 bits per heavy atom. The molecule has 1 amide bonds. The molecule has 0 bridgehead atoms. The topological polar surface area (TPSA) is 68.2 Å². The number of benzene rings is 3. The van der Waals surface area contributed by atoms with Gasteiger partial charge in [0.25, 0.3) is 0 Å². The molecule has 0 saturated carbocycles. The molecule has 0 aliphatic carbocycles. The Bertz CT molecular complexity index is 1270. The van der Waals surface area contributed by atoms with Crippen LogP contribution in [0.2, 0.25) is 5.02 Å². The minimum Gasteiger partial charge on any atom is -0.493 e. The molecular formula is C31H34ClNO5. The van der Waals surface area contributed by atoms with Crippen molar-refractivity contribution in [2.75, 3.05) is 25.2 Å². The maximum absolute atomic E-state index is 13.7. The average molecular weight is 536 g/mol. The lowest BCUT2D eigenvalue weighted by Gasteiger charge is -2.38. The molecule has 200 valence electrons. The summed E-state index contributed by atoms with van der Waals surface area (Å²) >= 11 is 6.22. The van der Waals surface area contributed by atoms with Crippen molar-refractivity contribution in [3.8, 4) is 11.5 Å². The van der Waals surface area contributed by atoms with Gasteiger partial charge in [-0.3, -0.25) is 4.79 Å². The van der Waals surface area contributed by atoms with Gasteiger partial charge in [0.05, 0.1) is 31.8 Å². The van der Waals surface area contributed by atoms with Crippen LogP contribution in [0.25, 0.3) is 0 Å². The van der Waals surface area contributed by atoms with Crippen LogP contribution in [-0.2, 0) is 16.0 Å². The monoisotopic (exact) mass is 535 g/mol. The van der Waals surface area contributed by atoms with E-state index in [1.165, 1.54) is 0 Å². The fourth-order valence-corrected chi connectivity index (χ4v) is 5.59. The van der Waals surface area contributed by atoms with Gasteiger partial charge < -0.3 is 24.2 Å². The predicted molar refractivity (Wildman–Crippen MR) is 148 cm³/mol. The highest BCUT2D eigenvalue weighted by atomic mass is 35.5. The van der Waals surface area contributed by atoms with Gasteiger partial charge in [0, 0.05) is 23.9 Å². The fraction of sp³-hybridized carbons (Fsp3) is 0.387. The molecule has 1 N–H and O–H groups in total. The first kappa shape index (κ1) is 26.5. The predicted octanol–water partition coefficient (Wildman–Crippen LogP) is 6.27. The largest absolute Gasteiger partial charge is 0.493 e. The van der Waals surface area contributed by atoms with Crippen molar-refractivity contribution in [1.29, 1.82) is 0 Å². The normalized spacial score (nSPS) is 18.8. The second-order valence-corrected chi connectivity index (χ2v) is 10.7. The van der Waals surface area contributed by atoms with E-state index in [9.17, 15) is 9.90 Å². The molecule has 5 rings (SSSR count). The zero-order valence-electron chi connectivity index (χ0n) is 22.0. The molecule has 3 aromatic carbocycles. The van der Waals surface area contributed by atoms with Gasteiger partial charge in [-0.15, -0.1) is 0 Å². The Morgan fingerprint density at radius 3 is 2.32 bits per heavy atom. The molecule has 1 unspecified atom stereocenters. The molecule has 2 aliphatic rings. The van der Waals surface area contributed by atoms with Crippen molar-refractivity contribution in [1.82, 2.24) is 0 Å². The maximum Gasteiger partial charge on any atom is 0.232 e. The highest BCUT2D eigenvalue weighted by Gasteiger charge is 2.36. The van der Waals surface area contributed by atoms with E-state index in [-0.39, 0.29) is 30.4 Å². The first-order valence-electron chi connectivity index (χ1n) is 13.2. The highest BCUT2D eigenvalue weighted by molar-refractivity contribution is 6.30. The average Bonchev–Trinajstić information content (AvgIpc) is 2.93. The summed E-state index contributed by atoms with van der Waals surface area (Å²) in [5.74, 6) is 1.41. The molecule has 0 spiro atoms. The van der Waals surface area contributed by atoms with Crippen LogP contribution in [0, 0.1) is 5.92 Å². The zero-order valence-corrected chi connectivity index (χ0v) is 22.8. The van der Waals surface area contributed by atoms with Crippen LogP contribution in [0.3, 0.4) is 0 Å². The van der Waals surface area contributed by atoms with Crippen LogP contribution >= 0.6 is 11.6 Å². The third-order valence-electron chi connectivity index (χ3n) is 7.36. The molecule has 2 atom stereocenters. The number of carbonyl (C=O) groups is 1. The molecule has 3 aromatic rings. The minimum absolute atomic E-state index is 0.0187. The quantitative estimate of drug-likeness (QED) is 0.386. The molecule has 0 radical (unpaired) electrons. The van der Waals surface area contributed by atoms with Crippen molar-refractivity contribution < 1.29 is 24.1 Å². The van der Waals surface area contributed by atoms with Gasteiger partial charge in [0.1, 0.15) is 0 Å². The Hall–Kier alpha value is -3.06. The molecule has 7 heteroatoms. The van der Waals surface area contributed by atoms with Gasteiger partial charge in [0.15, 0.2) is 11.5 Å². The van der Waals surface area contributed by atoms with Crippen LogP contribution in [0.1, 0.15) is 61.1 Å². The highest BCUT2D eigenvalue weighted by Crippen LogP contribution is 2.44. The number of anilines is 1. The Morgan fingerprint density at radius 1 is 1.00 bits per heavy atom. The molecule has 1 saturated heterocycles. The number of rotatable bonds is 7. The van der Waals surface area contributed by atoms with Gasteiger partial charge in [-0.05, 0) is 91.3 Å². The van der Waals surface area contributed by atoms with Gasteiger partial charge in [-0.2, -0.15) is 0 Å². The first-order valence-corrected chi connectivity index (χ1v) is 13.5. The summed E-state index contributed by atoms with van der Waals surface area (Å²) in [7, 11) is 1.61. The number of hydrogen-bond acceptors (Lipinski definition) is 5. The van der Waals surface area contributed by atoms with Crippen molar-refractivity contribution >= 4 is 23.2 Å². The molecule has 38 heavy (non-hydrogen) atoms. The number of hydrogen-bond donors (Lipinski definition) is 1. The summed E-state index contributed by atoms with van der Waals surface area (Å²) in [4.78, 5) is 15.5. The SMILES string of the molecule is COc1cc2c(cc1OC(C)C)C(c1ccc(Cl)cc1)N(c1ccc([C@@H](O)C3CCOCC3)cc1)C(=O)C2. The van der Waals surface area contributed by atoms with Crippen LogP contribution in [0.15, 0.2) is 60.7 Å². The lowest BCUT2D eigenvalue weighted by molar-refractivity contribution is -0.118. The summed E-state index contributed by atoms with van der Waals surface area (Å²) in [6.45, 7) is 5.30. The van der Waals surface area contributed by atoms with Crippen LogP contribution < -0.4 is 14.4 Å². The number of carbonyl (C=O) groups excluding carboxylic acids is 1. The van der Waals surface area contributed by atoms with E-state index in [2.05, 4.69) is 0 Å². The standard InChI is InChI=1S/C31H34ClNO5/c1-19(2)38-28-18-26-23(16-27(28)36-3)17-29(34)33(30(26)20-4-8-24(32)9-5-20)25-10-6-21(7-11-25)31(35)22-12-14-37-15-13-22/h4-11,16,18-19,22,30-31,35H,12-15,17H2,1-3H3/t30?,31-/m1/s1. The third-order valence-corrected chi connectivity index (χ3v) is 7.61. The lowest BCUT2D eigenvalue weighted by atomic mass is 9.86. The summed E-state index contributed by atoms with van der Waals surface area (Å²) < 4.78 is 17.1. The Labute approximate surface area is 229 Å². The summed E-state index contributed by atoms with van der Waals surface area (Å²) in [6.07, 6.45) is 1.33. The second-order valence-electron chi connectivity index (χ2n) is 10.2. The third kappa shape index (κ3) is 5.39. The first-order chi connectivity index (χ1) is 18.4. The molecule has 1 fully saturated rings. The number of amides is 1. The van der Waals surface area contributed by atoms with E-state index >= 15 is 0 Å². The molecule has 0 aromatic heterocycles. The summed E-state index contributed by atoms with van der Waals surface area (Å²) in [5, 5.41) is 11.6. The Balaban J connectivity index is 1.56. The number of fused-ring (bicyclic) bond motifs is 1. The van der Waals surface area contributed by atoms with E-state index in [4.69, 9.17) is 25.8 Å². The molecule has 6 nitrogen and oxygen atoms in total. The van der Waals surface area contributed by atoms with Crippen LogP contribution in [0.5, 0.6) is 11.5 Å². The maximum atomic E-state index is 13.7. The van der Waals surface area contributed by atoms with Crippen molar-refractivity contribution in [2.24, 2.45) is 5.92 Å². The van der Waals surface area contributed by atoms with Gasteiger partial charge in [-0.25, -0.2) is 0 Å². The minimum atomic E-state index is -0.555. The van der Waals surface area contributed by atoms with E-state index in [0.717, 1.165) is 40.8 Å². The van der Waals surface area contributed by atoms with Gasteiger partial charge >= 0.3 is 0 Å². The molecular weight excluding hydrogens is 502 g/mol. The van der Waals surface area contributed by atoms with Crippen molar-refractivity contribution in [2.45, 2.75) is 51.4 Å². The molecule has 2 heterocycles. The zero-order chi connectivity index (χ0) is 26.8. The van der Waals surface area contributed by atoms with Gasteiger partial charge in [-0.1, -0.05) is 35.9 Å². The van der Waals surface area contributed by atoms with E-state index in [0.29, 0.717) is 29.7 Å². The van der Waals surface area contributed by atoms with E-state index in [1.54, 1.807) is 7.11 Å². The number of nitrogens with zero attached hydrogens (tertiary/aromatic N) is 1. The smallest absolute Gasteiger partial charge is 0.232 e. The van der Waals surface area contributed by atoms with E-state index < -0.39 is 6.10 Å². The number of halogens is 1. The second kappa shape index (κ2) is 11.4. The Kier molecular flexibility index (Phi) is 7.93. The number of methoxy groups -OCH3 is 1. The fourth-order valence-electron chi connectivity index (χ4n) is 5.46. The summed E-state index contributed by atoms with van der Waals surface area (Å²) in [5.41, 5.74) is 4.45. The number of aliphatic hydroxyl groups is 1. The number of ether oxygens (including phenoxy) is 3. The van der Waals surface area contributed by atoms with Crippen molar-refractivity contribution in [3.63, 3.8) is 0 Å². The van der Waals surface area contributed by atoms with Crippen LogP contribution in [0.4, 0.5) is 5.69 Å². The van der Waals surface area contributed by atoms with E-state index in [1.807, 2.05) is 79.4 Å². The van der Waals surface area contributed by atoms with Crippen molar-refractivity contribution in [3.05, 3.63) is 87.9 Å². The molecule has 2 aliphatic heterocycles. The summed E-state index contributed by atoms with van der Waals surface area (Å²) in [6, 6.07) is 18.9. The lowest BCUT2D eigenvalue weighted by Crippen LogP contribution is -2.41. The van der Waals surface area contributed by atoms with Crippen LogP contribution in [-0.4, -0.2) is 37.4 Å².